The van der Waals surface area contributed by atoms with Crippen LogP contribution in [0.2, 0.25) is 0 Å². The second-order valence-electron chi connectivity index (χ2n) is 2.96. The summed E-state index contributed by atoms with van der Waals surface area (Å²) >= 11 is 0. The molecule has 0 aliphatic heterocycles. The van der Waals surface area contributed by atoms with Crippen LogP contribution in [0, 0.1) is 5.41 Å². The van der Waals surface area contributed by atoms with Gasteiger partial charge < -0.3 is 25.1 Å². The Kier molecular flexibility index (Phi) is 4.19. The number of carbonyl (C=O) groups is 3. The zero-order valence-corrected chi connectivity index (χ0v) is 8.62. The quantitative estimate of drug-likeness (QED) is 0.289. The second kappa shape index (κ2) is 4.60. The van der Waals surface area contributed by atoms with E-state index < -0.39 is 43.5 Å². The molecule has 0 atom stereocenters. The monoisotopic (exact) mass is 256 g/mol. The van der Waals surface area contributed by atoms with Crippen molar-refractivity contribution in [2.24, 2.45) is 5.41 Å². The Morgan fingerprint density at radius 3 is 1.44 bits per heavy atom. The van der Waals surface area contributed by atoms with Crippen molar-refractivity contribution < 1.29 is 44.1 Å². The fourth-order valence-electron chi connectivity index (χ4n) is 0.909. The molecule has 0 radical (unpaired) electrons. The summed E-state index contributed by atoms with van der Waals surface area (Å²) in [6, 6.07) is 0. The lowest BCUT2D eigenvalue weighted by Crippen LogP contribution is -2.47. The molecule has 0 aromatic rings. The predicted octanol–water partition coefficient (Wildman–Crippen LogP) is -1.21. The normalized spacial score (nSPS) is 12.1. The minimum absolute atomic E-state index is 1.14. The smallest absolute Gasteiger partial charge is 0.332 e. The number of carboxylic acids is 3. The van der Waals surface area contributed by atoms with Gasteiger partial charge in [-0.2, -0.15) is 0 Å². The van der Waals surface area contributed by atoms with Crippen molar-refractivity contribution in [1.29, 1.82) is 0 Å². The number of rotatable bonds is 6. The minimum atomic E-state index is -4.67. The fourth-order valence-corrected chi connectivity index (χ4v) is 1.54. The van der Waals surface area contributed by atoms with E-state index in [4.69, 9.17) is 25.1 Å². The Morgan fingerprint density at radius 2 is 1.25 bits per heavy atom. The van der Waals surface area contributed by atoms with Gasteiger partial charge in [0.15, 0.2) is 0 Å². The topological polar surface area (TPSA) is 169 Å². The van der Waals surface area contributed by atoms with Gasteiger partial charge in [-0.25, -0.2) is 0 Å². The van der Waals surface area contributed by atoms with Gasteiger partial charge in [0.25, 0.3) is 5.41 Å². The molecule has 5 N–H and O–H groups in total. The zero-order valence-electron chi connectivity index (χ0n) is 7.73. The van der Waals surface area contributed by atoms with Crippen LogP contribution in [-0.4, -0.2) is 49.2 Å². The Bertz CT molecular complexity index is 330. The molecule has 16 heavy (non-hydrogen) atoms. The molecule has 0 fully saturated rings. The number of carboxylic acid groups (broad SMARTS) is 3. The molecule has 0 unspecified atom stereocenters. The summed E-state index contributed by atoms with van der Waals surface area (Å²) in [6.07, 6.45) is -2.34. The summed E-state index contributed by atoms with van der Waals surface area (Å²) in [4.78, 5) is 48.7. The van der Waals surface area contributed by atoms with E-state index in [0.29, 0.717) is 0 Å². The molecular weight excluding hydrogens is 247 g/mol. The second-order valence-corrected chi connectivity index (χ2v) is 4.74. The van der Waals surface area contributed by atoms with Crippen LogP contribution in [-0.2, 0) is 18.9 Å². The molecule has 0 aromatic carbocycles. The molecule has 0 rings (SSSR count). The standard InChI is InChI=1S/C6H9O9P/c7-3(8)6(4(9)10,5(11)12)1-2-16(13,14)15/h1-2H2,(H,7,8)(H,9,10)(H,11,12)(H2,13,14,15). The van der Waals surface area contributed by atoms with Crippen molar-refractivity contribution >= 4 is 25.5 Å². The highest BCUT2D eigenvalue weighted by atomic mass is 31.2. The average Bonchev–Trinajstić information content (AvgIpc) is 2.00. The summed E-state index contributed by atoms with van der Waals surface area (Å²) in [5.41, 5.74) is -3.23. The highest BCUT2D eigenvalue weighted by Gasteiger charge is 2.54. The van der Waals surface area contributed by atoms with Crippen LogP contribution in [0.4, 0.5) is 0 Å². The Morgan fingerprint density at radius 1 is 0.938 bits per heavy atom. The Balaban J connectivity index is 5.24. The molecule has 0 spiro atoms. The molecule has 0 amide bonds. The third-order valence-corrected chi connectivity index (χ3v) is 2.68. The summed E-state index contributed by atoms with van der Waals surface area (Å²) in [5, 5.41) is 25.6. The summed E-state index contributed by atoms with van der Waals surface area (Å²) in [7, 11) is -4.67. The maximum atomic E-state index is 10.6. The number of hydrogen-bond donors (Lipinski definition) is 5. The van der Waals surface area contributed by atoms with Gasteiger partial charge in [0.1, 0.15) is 0 Å². The molecule has 0 aromatic heterocycles. The van der Waals surface area contributed by atoms with E-state index in [1.54, 1.807) is 0 Å². The molecule has 10 heteroatoms. The van der Waals surface area contributed by atoms with Crippen LogP contribution in [0.1, 0.15) is 6.42 Å². The van der Waals surface area contributed by atoms with Crippen molar-refractivity contribution in [1.82, 2.24) is 0 Å². The SMILES string of the molecule is O=C(O)C(CCP(=O)(O)O)(C(=O)O)C(=O)O. The van der Waals surface area contributed by atoms with Gasteiger partial charge in [-0.15, -0.1) is 0 Å². The van der Waals surface area contributed by atoms with Crippen LogP contribution < -0.4 is 0 Å². The first-order valence-corrected chi connectivity index (χ1v) is 5.58. The number of hydrogen-bond acceptors (Lipinski definition) is 4. The van der Waals surface area contributed by atoms with Gasteiger partial charge in [0, 0.05) is 0 Å². The molecule has 0 bridgehead atoms. The summed E-state index contributed by atoms with van der Waals surface area (Å²) < 4.78 is 10.5. The van der Waals surface area contributed by atoms with E-state index in [1.807, 2.05) is 0 Å². The lowest BCUT2D eigenvalue weighted by atomic mass is 9.85. The molecule has 9 nitrogen and oxygen atoms in total. The van der Waals surface area contributed by atoms with Gasteiger partial charge in [-0.1, -0.05) is 0 Å². The number of aliphatic carboxylic acids is 3. The van der Waals surface area contributed by atoms with E-state index in [1.165, 1.54) is 0 Å². The lowest BCUT2D eigenvalue weighted by molar-refractivity contribution is -0.175. The average molecular weight is 256 g/mol. The fraction of sp³-hybridized carbons (Fsp3) is 0.500. The van der Waals surface area contributed by atoms with Crippen LogP contribution in [0.15, 0.2) is 0 Å². The molecule has 0 saturated carbocycles. The van der Waals surface area contributed by atoms with Crippen molar-refractivity contribution in [3.8, 4) is 0 Å². The predicted molar refractivity (Wildman–Crippen MR) is 46.9 cm³/mol. The van der Waals surface area contributed by atoms with Crippen LogP contribution in [0.25, 0.3) is 0 Å². The van der Waals surface area contributed by atoms with Crippen LogP contribution in [0.3, 0.4) is 0 Å². The molecule has 0 aliphatic rings. The van der Waals surface area contributed by atoms with Crippen molar-refractivity contribution in [3.63, 3.8) is 0 Å². The van der Waals surface area contributed by atoms with Crippen molar-refractivity contribution in [2.75, 3.05) is 6.16 Å². The maximum absolute atomic E-state index is 10.6. The third-order valence-electron chi connectivity index (χ3n) is 1.87. The van der Waals surface area contributed by atoms with Crippen molar-refractivity contribution in [3.05, 3.63) is 0 Å². The van der Waals surface area contributed by atoms with Gasteiger partial charge >= 0.3 is 25.5 Å². The summed E-state index contributed by atoms with van der Waals surface area (Å²) in [6.45, 7) is 0. The first-order chi connectivity index (χ1) is 7.04. The van der Waals surface area contributed by atoms with E-state index in [-0.39, 0.29) is 0 Å². The zero-order chi connectivity index (χ0) is 13.1. The van der Waals surface area contributed by atoms with Crippen LogP contribution in [0.5, 0.6) is 0 Å². The van der Waals surface area contributed by atoms with Crippen molar-refractivity contribution in [2.45, 2.75) is 6.42 Å². The Labute approximate surface area is 88.5 Å². The van der Waals surface area contributed by atoms with E-state index in [2.05, 4.69) is 0 Å². The first-order valence-electron chi connectivity index (χ1n) is 3.79. The highest BCUT2D eigenvalue weighted by molar-refractivity contribution is 7.51. The van der Waals surface area contributed by atoms with Gasteiger partial charge in [-0.3, -0.25) is 18.9 Å². The van der Waals surface area contributed by atoms with Gasteiger partial charge in [0.2, 0.25) is 0 Å². The molecular formula is C6H9O9P. The van der Waals surface area contributed by atoms with Gasteiger partial charge in [-0.05, 0) is 6.42 Å². The minimum Gasteiger partial charge on any atom is -0.480 e. The molecule has 0 heterocycles. The van der Waals surface area contributed by atoms with E-state index >= 15 is 0 Å². The summed E-state index contributed by atoms with van der Waals surface area (Å²) in [5.74, 6) is -6.54. The van der Waals surface area contributed by atoms with E-state index in [9.17, 15) is 18.9 Å². The lowest BCUT2D eigenvalue weighted by Gasteiger charge is -2.19. The molecule has 0 saturated heterocycles. The molecule has 92 valence electrons. The third kappa shape index (κ3) is 3.02. The first kappa shape index (κ1) is 14.6. The highest BCUT2D eigenvalue weighted by Crippen LogP contribution is 2.39. The van der Waals surface area contributed by atoms with E-state index in [0.717, 1.165) is 0 Å². The molecule has 0 aliphatic carbocycles. The largest absolute Gasteiger partial charge is 0.480 e. The van der Waals surface area contributed by atoms with Crippen LogP contribution >= 0.6 is 7.60 Å². The Hall–Kier alpha value is -1.44. The maximum Gasteiger partial charge on any atom is 0.332 e. The van der Waals surface area contributed by atoms with Gasteiger partial charge in [0.05, 0.1) is 6.16 Å².